The van der Waals surface area contributed by atoms with Crippen molar-refractivity contribution in [3.8, 4) is 5.69 Å². The number of anilines is 2. The summed E-state index contributed by atoms with van der Waals surface area (Å²) >= 11 is 0. The fourth-order valence-corrected chi connectivity index (χ4v) is 8.51. The maximum Gasteiger partial charge on any atom is 0.270 e. The average Bonchev–Trinajstić information content (AvgIpc) is 3.77. The molecule has 10 heteroatoms. The van der Waals surface area contributed by atoms with Crippen molar-refractivity contribution < 1.29 is 9.85 Å². The molecule has 6 aromatic rings. The molecule has 57 heavy (non-hydrogen) atoms. The Morgan fingerprint density at radius 1 is 0.842 bits per heavy atom. The van der Waals surface area contributed by atoms with Gasteiger partial charge in [-0.3, -0.25) is 25.2 Å². The van der Waals surface area contributed by atoms with Crippen LogP contribution in [0.5, 0.6) is 0 Å². The second kappa shape index (κ2) is 14.4. The van der Waals surface area contributed by atoms with Gasteiger partial charge in [0.2, 0.25) is 0 Å². The molecule has 4 atom stereocenters. The zero-order chi connectivity index (χ0) is 39.2. The topological polar surface area (TPSA) is 133 Å². The number of rotatable bonds is 9. The second-order valence-corrected chi connectivity index (χ2v) is 14.6. The highest BCUT2D eigenvalue weighted by atomic mass is 16.6. The lowest BCUT2D eigenvalue weighted by Gasteiger charge is -2.30. The van der Waals surface area contributed by atoms with E-state index in [4.69, 9.17) is 10.7 Å². The molecule has 10 nitrogen and oxygen atoms in total. The van der Waals surface area contributed by atoms with Crippen molar-refractivity contribution in [3.05, 3.63) is 206 Å². The van der Waals surface area contributed by atoms with Crippen LogP contribution in [0, 0.1) is 26.1 Å². The fraction of sp³-hybridized carbons (Fsp3) is 0.128. The van der Waals surface area contributed by atoms with Gasteiger partial charge in [-0.1, -0.05) is 103 Å². The molecule has 280 valence electrons. The Hall–Kier alpha value is -7.33. The predicted molar refractivity (Wildman–Crippen MR) is 228 cm³/mol. The van der Waals surface area contributed by atoms with Gasteiger partial charge in [0.1, 0.15) is 0 Å². The van der Waals surface area contributed by atoms with E-state index in [1.54, 1.807) is 30.4 Å². The molecule has 2 N–H and O–H groups in total. The number of aromatic nitrogens is 1. The van der Waals surface area contributed by atoms with Gasteiger partial charge in [-0.05, 0) is 60.9 Å². The van der Waals surface area contributed by atoms with E-state index in [1.165, 1.54) is 34.5 Å². The number of nitrogens with zero attached hydrogens (tertiary/aromatic N) is 5. The number of para-hydroxylation sites is 2. The zero-order valence-corrected chi connectivity index (χ0v) is 31.1. The van der Waals surface area contributed by atoms with E-state index in [0.717, 1.165) is 33.7 Å². The van der Waals surface area contributed by atoms with Crippen molar-refractivity contribution in [1.82, 2.24) is 4.57 Å². The van der Waals surface area contributed by atoms with Gasteiger partial charge < -0.3 is 15.2 Å². The van der Waals surface area contributed by atoms with Gasteiger partial charge in [-0.25, -0.2) is 0 Å². The van der Waals surface area contributed by atoms with Crippen molar-refractivity contribution in [3.63, 3.8) is 0 Å². The summed E-state index contributed by atoms with van der Waals surface area (Å²) in [7, 11) is 0. The van der Waals surface area contributed by atoms with Crippen LogP contribution in [0.1, 0.15) is 42.0 Å². The van der Waals surface area contributed by atoms with Crippen molar-refractivity contribution in [1.29, 1.82) is 0 Å². The zero-order valence-electron chi connectivity index (χ0n) is 31.1. The van der Waals surface area contributed by atoms with Crippen molar-refractivity contribution in [2.45, 2.75) is 31.3 Å². The molecule has 0 saturated heterocycles. The number of nitro benzene ring substituents is 1. The van der Waals surface area contributed by atoms with Crippen molar-refractivity contribution in [2.75, 3.05) is 4.90 Å². The molecular weight excluding hydrogens is 713 g/mol. The molecule has 0 spiro atoms. The van der Waals surface area contributed by atoms with E-state index < -0.39 is 15.8 Å². The first kappa shape index (κ1) is 35.4. The molecule has 3 aliphatic rings. The summed E-state index contributed by atoms with van der Waals surface area (Å²) in [5, 5.41) is 25.7. The lowest BCUT2D eigenvalue weighted by molar-refractivity contribution is -0.419. The highest BCUT2D eigenvalue weighted by molar-refractivity contribution is 6.15. The summed E-state index contributed by atoms with van der Waals surface area (Å²) in [6, 6.07) is 37.8. The van der Waals surface area contributed by atoms with E-state index >= 15 is 0 Å². The van der Waals surface area contributed by atoms with Crippen molar-refractivity contribution in [2.24, 2.45) is 16.6 Å². The summed E-state index contributed by atoms with van der Waals surface area (Å²) in [4.78, 5) is 30.1. The Morgan fingerprint density at radius 3 is 2.44 bits per heavy atom. The maximum atomic E-state index is 11.8. The van der Waals surface area contributed by atoms with Gasteiger partial charge >= 0.3 is 0 Å². The number of aliphatic imine (C=N–C) groups is 1. The molecule has 0 saturated carbocycles. The molecule has 0 radical (unpaired) electrons. The number of nitro groups is 2. The quantitative estimate of drug-likeness (QED) is 0.0888. The molecule has 1 aromatic heterocycles. The Morgan fingerprint density at radius 2 is 1.61 bits per heavy atom. The molecule has 4 unspecified atom stereocenters. The number of fused-ring (bicyclic) bond motifs is 7. The number of nitrogens with two attached hydrogens (primary N) is 1. The molecule has 5 aromatic carbocycles. The van der Waals surface area contributed by atoms with E-state index in [9.17, 15) is 20.2 Å². The van der Waals surface area contributed by atoms with E-state index in [2.05, 4.69) is 119 Å². The van der Waals surface area contributed by atoms with Crippen LogP contribution in [0.2, 0.25) is 0 Å². The molecule has 1 aliphatic heterocycles. The number of hydrogen-bond donors (Lipinski definition) is 1. The Balaban J connectivity index is 1.18. The average molecular weight is 751 g/mol. The summed E-state index contributed by atoms with van der Waals surface area (Å²) < 4.78 is 2.38. The van der Waals surface area contributed by atoms with Gasteiger partial charge in [0, 0.05) is 75.2 Å². The van der Waals surface area contributed by atoms with Crippen LogP contribution < -0.4 is 10.6 Å². The minimum atomic E-state index is -0.467. The fourth-order valence-electron chi connectivity index (χ4n) is 8.51. The molecule has 2 heterocycles. The lowest BCUT2D eigenvalue weighted by Crippen LogP contribution is -2.28. The maximum absolute atomic E-state index is 11.8. The monoisotopic (exact) mass is 750 g/mol. The highest BCUT2D eigenvalue weighted by Gasteiger charge is 2.40. The summed E-state index contributed by atoms with van der Waals surface area (Å²) in [5.74, 6) is -0.289. The van der Waals surface area contributed by atoms with Crippen LogP contribution in [0.3, 0.4) is 0 Å². The third-order valence-electron chi connectivity index (χ3n) is 11.2. The van der Waals surface area contributed by atoms with Crippen molar-refractivity contribution >= 4 is 50.3 Å². The second-order valence-electron chi connectivity index (χ2n) is 14.6. The minimum Gasteiger partial charge on any atom is -0.398 e. The summed E-state index contributed by atoms with van der Waals surface area (Å²) in [6.07, 6.45) is 15.9. The van der Waals surface area contributed by atoms with Gasteiger partial charge in [-0.15, -0.1) is 0 Å². The largest absolute Gasteiger partial charge is 0.398 e. The van der Waals surface area contributed by atoms with Crippen LogP contribution in [0.4, 0.5) is 17.1 Å². The molecule has 9 rings (SSSR count). The van der Waals surface area contributed by atoms with E-state index in [1.807, 2.05) is 13.0 Å². The normalized spacial score (nSPS) is 19.4. The highest BCUT2D eigenvalue weighted by Crippen LogP contribution is 2.53. The van der Waals surface area contributed by atoms with E-state index in [0.29, 0.717) is 17.7 Å². The Bertz CT molecular complexity index is 2790. The summed E-state index contributed by atoms with van der Waals surface area (Å²) in [6.45, 7) is 2.00. The Kier molecular flexibility index (Phi) is 8.93. The number of hydrogen-bond acceptors (Lipinski definition) is 7. The first-order chi connectivity index (χ1) is 27.8. The molecular formula is C47H38N6O4. The van der Waals surface area contributed by atoms with Gasteiger partial charge in [0.15, 0.2) is 0 Å². The van der Waals surface area contributed by atoms with Crippen LogP contribution in [0.15, 0.2) is 175 Å². The third-order valence-corrected chi connectivity index (χ3v) is 11.2. The molecule has 2 aliphatic carbocycles. The van der Waals surface area contributed by atoms with Crippen LogP contribution >= 0.6 is 0 Å². The molecule has 0 amide bonds. The van der Waals surface area contributed by atoms with E-state index in [-0.39, 0.29) is 35.1 Å². The van der Waals surface area contributed by atoms with Gasteiger partial charge in [0.05, 0.1) is 38.7 Å². The van der Waals surface area contributed by atoms with Gasteiger partial charge in [-0.2, -0.15) is 0 Å². The summed E-state index contributed by atoms with van der Waals surface area (Å²) in [5.41, 5.74) is 15.5. The lowest BCUT2D eigenvalue weighted by atomic mass is 9.91. The standard InChI is InChI=1S/C47H38N6O4/c1-30(49-43(33-14-11-19-37(28-33)53(56)57)29-42(48)32-13-10-18-36(27-32)52(54)55)31-12-9-17-35(26-31)51-45-23-8-6-21-39(45)41-25-24-40-38-20-5-7-22-44(38)50(46(40)47(41)51)34-15-3-2-4-16-34/h2-13,15-30,33,39,45H,14,48H2,1H3/b42-29-,49-43?. The first-order valence-electron chi connectivity index (χ1n) is 18.9. The number of non-ortho nitro benzene ring substituents is 1. The molecule has 0 fully saturated rings. The smallest absolute Gasteiger partial charge is 0.270 e. The number of allylic oxidation sites excluding steroid dienone is 6. The molecule has 0 bridgehead atoms. The van der Waals surface area contributed by atoms with Gasteiger partial charge in [0.25, 0.3) is 11.4 Å². The predicted octanol–water partition coefficient (Wildman–Crippen LogP) is 10.7. The minimum absolute atomic E-state index is 0.0213. The van der Waals surface area contributed by atoms with Crippen LogP contribution in [-0.2, 0) is 0 Å². The van der Waals surface area contributed by atoms with Crippen LogP contribution in [-0.4, -0.2) is 26.2 Å². The Labute approximate surface area is 328 Å². The van der Waals surface area contributed by atoms with Crippen LogP contribution in [0.25, 0.3) is 33.2 Å². The third kappa shape index (κ3) is 6.30. The number of benzene rings is 5. The SMILES string of the molecule is CC(N=C(/C=C(\N)c1cccc([N+](=O)[O-])c1)C1C=C([N+](=O)[O-])C=CC1)c1cccc(N2c3c(ccc4c5ccccc5n(-c5ccccc5)c34)C3C=CC=CC32)c1. The first-order valence-corrected chi connectivity index (χ1v) is 18.9.